The van der Waals surface area contributed by atoms with Gasteiger partial charge in [0.2, 0.25) is 0 Å². The van der Waals surface area contributed by atoms with E-state index in [2.05, 4.69) is 54.8 Å². The molecule has 1 aromatic rings. The maximum atomic E-state index is 3.45. The highest BCUT2D eigenvalue weighted by Crippen LogP contribution is 2.15. The zero-order valence-corrected chi connectivity index (χ0v) is 11.7. The van der Waals surface area contributed by atoms with Gasteiger partial charge in [-0.3, -0.25) is 0 Å². The maximum absolute atomic E-state index is 3.45. The maximum Gasteiger partial charge on any atom is 0.0106 e. The number of hydrogen-bond donors (Lipinski definition) is 2. The molecule has 0 bridgehead atoms. The molecule has 1 rings (SSSR count). The van der Waals surface area contributed by atoms with Crippen LogP contribution in [0.15, 0.2) is 35.2 Å². The Balaban J connectivity index is 1.88. The molecule has 0 aliphatic heterocycles. The molecule has 0 fully saturated rings. The Bertz CT molecular complexity index is 275. The lowest BCUT2D eigenvalue weighted by Crippen LogP contribution is -2.30. The molecule has 2 N–H and O–H groups in total. The molecule has 0 saturated carbocycles. The van der Waals surface area contributed by atoms with Gasteiger partial charge in [-0.1, -0.05) is 32.0 Å². The highest BCUT2D eigenvalue weighted by atomic mass is 32.2. The lowest BCUT2D eigenvalue weighted by molar-refractivity contribution is 0.540. The summed E-state index contributed by atoms with van der Waals surface area (Å²) >= 11 is 1.91. The van der Waals surface area contributed by atoms with Gasteiger partial charge in [-0.15, -0.1) is 11.8 Å². The first-order valence-electron chi connectivity index (χ1n) is 6.38. The Labute approximate surface area is 110 Å². The van der Waals surface area contributed by atoms with Crippen molar-refractivity contribution in [1.82, 2.24) is 10.6 Å². The van der Waals surface area contributed by atoms with Crippen molar-refractivity contribution in [2.45, 2.75) is 18.7 Å². The molecule has 2 nitrogen and oxygen atoms in total. The zero-order chi connectivity index (χ0) is 12.3. The second-order valence-corrected chi connectivity index (χ2v) is 5.68. The molecule has 0 spiro atoms. The number of nitrogens with one attached hydrogen (secondary N) is 2. The van der Waals surface area contributed by atoms with E-state index in [4.69, 9.17) is 0 Å². The van der Waals surface area contributed by atoms with Crippen molar-refractivity contribution in [2.24, 2.45) is 5.92 Å². The molecule has 3 heteroatoms. The molecule has 0 heterocycles. The van der Waals surface area contributed by atoms with Gasteiger partial charge in [0, 0.05) is 30.3 Å². The quantitative estimate of drug-likeness (QED) is 0.522. The molecule has 0 unspecified atom stereocenters. The minimum absolute atomic E-state index is 0.739. The van der Waals surface area contributed by atoms with E-state index in [1.807, 2.05) is 11.8 Å². The normalized spacial score (nSPS) is 11.0. The van der Waals surface area contributed by atoms with Crippen molar-refractivity contribution in [1.29, 1.82) is 0 Å². The van der Waals surface area contributed by atoms with Crippen LogP contribution in [0.4, 0.5) is 0 Å². The van der Waals surface area contributed by atoms with Crippen LogP contribution in [0.1, 0.15) is 13.8 Å². The molecule has 0 aliphatic carbocycles. The van der Waals surface area contributed by atoms with Crippen LogP contribution in [0.25, 0.3) is 0 Å². The summed E-state index contributed by atoms with van der Waals surface area (Å²) in [5, 5.41) is 6.87. The number of rotatable bonds is 9. The van der Waals surface area contributed by atoms with E-state index in [1.54, 1.807) is 0 Å². The molecule has 0 aliphatic rings. The Morgan fingerprint density at radius 2 is 1.71 bits per heavy atom. The summed E-state index contributed by atoms with van der Waals surface area (Å²) in [6, 6.07) is 10.6. The summed E-state index contributed by atoms with van der Waals surface area (Å²) in [5.74, 6) is 1.87. The van der Waals surface area contributed by atoms with Crippen LogP contribution < -0.4 is 10.6 Å². The fraction of sp³-hybridized carbons (Fsp3) is 0.571. The van der Waals surface area contributed by atoms with Crippen molar-refractivity contribution in [2.75, 3.05) is 31.9 Å². The second-order valence-electron chi connectivity index (χ2n) is 4.51. The van der Waals surface area contributed by atoms with E-state index >= 15 is 0 Å². The average Bonchev–Trinajstić information content (AvgIpc) is 2.33. The van der Waals surface area contributed by atoms with Crippen LogP contribution in [0.2, 0.25) is 0 Å². The van der Waals surface area contributed by atoms with Gasteiger partial charge < -0.3 is 10.6 Å². The third-order valence-electron chi connectivity index (χ3n) is 2.32. The van der Waals surface area contributed by atoms with Crippen LogP contribution in [-0.2, 0) is 0 Å². The monoisotopic (exact) mass is 252 g/mol. The van der Waals surface area contributed by atoms with E-state index in [0.717, 1.165) is 37.8 Å². The van der Waals surface area contributed by atoms with Gasteiger partial charge in [0.25, 0.3) is 0 Å². The third kappa shape index (κ3) is 8.25. The molecule has 96 valence electrons. The second kappa shape index (κ2) is 9.51. The highest BCUT2D eigenvalue weighted by Gasteiger charge is 1.93. The number of benzene rings is 1. The Hall–Kier alpha value is -0.510. The summed E-state index contributed by atoms with van der Waals surface area (Å²) in [6.07, 6.45) is 0. The van der Waals surface area contributed by atoms with E-state index in [-0.39, 0.29) is 0 Å². The molecule has 17 heavy (non-hydrogen) atoms. The number of thioether (sulfide) groups is 1. The minimum Gasteiger partial charge on any atom is -0.315 e. The summed E-state index contributed by atoms with van der Waals surface area (Å²) < 4.78 is 0. The van der Waals surface area contributed by atoms with Gasteiger partial charge in [-0.05, 0) is 24.6 Å². The largest absolute Gasteiger partial charge is 0.315 e. The number of hydrogen-bond acceptors (Lipinski definition) is 3. The van der Waals surface area contributed by atoms with E-state index in [0.29, 0.717) is 0 Å². The molecule has 0 atom stereocenters. The molecule has 0 aromatic heterocycles. The molecule has 0 radical (unpaired) electrons. The van der Waals surface area contributed by atoms with Gasteiger partial charge in [-0.2, -0.15) is 0 Å². The Kier molecular flexibility index (Phi) is 8.14. The SMILES string of the molecule is CC(C)CNCCNCCSc1ccccc1. The summed E-state index contributed by atoms with van der Waals surface area (Å²) in [5.41, 5.74) is 0. The molecule has 0 saturated heterocycles. The zero-order valence-electron chi connectivity index (χ0n) is 10.9. The van der Waals surface area contributed by atoms with Gasteiger partial charge >= 0.3 is 0 Å². The van der Waals surface area contributed by atoms with Crippen LogP contribution in [0.5, 0.6) is 0 Å². The first-order valence-corrected chi connectivity index (χ1v) is 7.37. The van der Waals surface area contributed by atoms with Crippen LogP contribution in [0.3, 0.4) is 0 Å². The Morgan fingerprint density at radius 3 is 2.41 bits per heavy atom. The molecular weight excluding hydrogens is 228 g/mol. The van der Waals surface area contributed by atoms with Gasteiger partial charge in [0.1, 0.15) is 0 Å². The highest BCUT2D eigenvalue weighted by molar-refractivity contribution is 7.99. The van der Waals surface area contributed by atoms with Gasteiger partial charge in [0.05, 0.1) is 0 Å². The lowest BCUT2D eigenvalue weighted by atomic mass is 10.2. The van der Waals surface area contributed by atoms with Crippen LogP contribution in [0, 0.1) is 5.92 Å². The predicted molar refractivity (Wildman–Crippen MR) is 77.7 cm³/mol. The predicted octanol–water partition coefficient (Wildman–Crippen LogP) is 2.61. The standard InChI is InChI=1S/C14H24N2S/c1-13(2)12-16-9-8-15-10-11-17-14-6-4-3-5-7-14/h3-7,13,15-16H,8-12H2,1-2H3. The van der Waals surface area contributed by atoms with Crippen molar-refractivity contribution in [3.63, 3.8) is 0 Å². The van der Waals surface area contributed by atoms with Crippen LogP contribution in [-0.4, -0.2) is 31.9 Å². The van der Waals surface area contributed by atoms with E-state index < -0.39 is 0 Å². The van der Waals surface area contributed by atoms with Gasteiger partial charge in [-0.25, -0.2) is 0 Å². The average molecular weight is 252 g/mol. The van der Waals surface area contributed by atoms with E-state index in [9.17, 15) is 0 Å². The van der Waals surface area contributed by atoms with Crippen molar-refractivity contribution in [3.05, 3.63) is 30.3 Å². The van der Waals surface area contributed by atoms with Crippen molar-refractivity contribution >= 4 is 11.8 Å². The van der Waals surface area contributed by atoms with Gasteiger partial charge in [0.15, 0.2) is 0 Å². The smallest absolute Gasteiger partial charge is 0.0106 e. The van der Waals surface area contributed by atoms with E-state index in [1.165, 1.54) is 4.90 Å². The molecular formula is C14H24N2S. The minimum atomic E-state index is 0.739. The molecule has 0 amide bonds. The Morgan fingerprint density at radius 1 is 1.00 bits per heavy atom. The van der Waals surface area contributed by atoms with Crippen molar-refractivity contribution < 1.29 is 0 Å². The fourth-order valence-electron chi connectivity index (χ4n) is 1.45. The molecule has 1 aromatic carbocycles. The van der Waals surface area contributed by atoms with Crippen molar-refractivity contribution in [3.8, 4) is 0 Å². The van der Waals surface area contributed by atoms with Crippen LogP contribution >= 0.6 is 11.8 Å². The summed E-state index contributed by atoms with van der Waals surface area (Å²) in [7, 11) is 0. The first kappa shape index (κ1) is 14.6. The first-order chi connectivity index (χ1) is 8.29. The topological polar surface area (TPSA) is 24.1 Å². The lowest BCUT2D eigenvalue weighted by Gasteiger charge is -2.08. The summed E-state index contributed by atoms with van der Waals surface area (Å²) in [6.45, 7) is 8.77. The fourth-order valence-corrected chi connectivity index (χ4v) is 2.28. The summed E-state index contributed by atoms with van der Waals surface area (Å²) in [4.78, 5) is 1.35. The third-order valence-corrected chi connectivity index (χ3v) is 3.34.